The standard InChI is InChI=1S/C20H27N3O/c1-15(2)22-9-11-23(12-10-22)20-16(3)13-18(14-21-20)19(24)17-7-5-4-6-8-17/h4-8,13-15,19,24H,9-12H2,1-3H3/t19-/m0/s1. The van der Waals surface area contributed by atoms with E-state index in [2.05, 4.69) is 41.6 Å². The molecule has 1 fully saturated rings. The first-order valence-corrected chi connectivity index (χ1v) is 8.75. The zero-order valence-electron chi connectivity index (χ0n) is 14.8. The van der Waals surface area contributed by atoms with Crippen LogP contribution >= 0.6 is 0 Å². The van der Waals surface area contributed by atoms with Crippen LogP contribution in [0, 0.1) is 6.92 Å². The van der Waals surface area contributed by atoms with E-state index in [1.807, 2.05) is 36.5 Å². The van der Waals surface area contributed by atoms with Crippen LogP contribution in [0.2, 0.25) is 0 Å². The topological polar surface area (TPSA) is 39.6 Å². The Morgan fingerprint density at radius 2 is 1.67 bits per heavy atom. The minimum Gasteiger partial charge on any atom is -0.384 e. The predicted molar refractivity (Wildman–Crippen MR) is 98.4 cm³/mol. The summed E-state index contributed by atoms with van der Waals surface area (Å²) in [6.07, 6.45) is 1.19. The first-order chi connectivity index (χ1) is 11.6. The number of benzene rings is 1. The van der Waals surface area contributed by atoms with Crippen LogP contribution < -0.4 is 4.90 Å². The normalized spacial score (nSPS) is 17.3. The van der Waals surface area contributed by atoms with Crippen LogP contribution in [-0.2, 0) is 0 Å². The Labute approximate surface area is 144 Å². The molecule has 1 aliphatic heterocycles. The van der Waals surface area contributed by atoms with E-state index >= 15 is 0 Å². The molecule has 4 heteroatoms. The van der Waals surface area contributed by atoms with E-state index < -0.39 is 6.10 Å². The molecule has 0 bridgehead atoms. The van der Waals surface area contributed by atoms with E-state index in [-0.39, 0.29) is 0 Å². The van der Waals surface area contributed by atoms with Crippen molar-refractivity contribution < 1.29 is 5.11 Å². The van der Waals surface area contributed by atoms with E-state index in [1.165, 1.54) is 0 Å². The summed E-state index contributed by atoms with van der Waals surface area (Å²) in [6, 6.07) is 12.4. The Balaban J connectivity index is 1.74. The number of pyridine rings is 1. The maximum absolute atomic E-state index is 10.6. The molecular weight excluding hydrogens is 298 g/mol. The van der Waals surface area contributed by atoms with Crippen LogP contribution in [0.4, 0.5) is 5.82 Å². The summed E-state index contributed by atoms with van der Waals surface area (Å²) in [6.45, 7) is 10.7. The summed E-state index contributed by atoms with van der Waals surface area (Å²) in [4.78, 5) is 9.52. The van der Waals surface area contributed by atoms with Gasteiger partial charge in [0.25, 0.3) is 0 Å². The van der Waals surface area contributed by atoms with Gasteiger partial charge in [0, 0.05) is 44.0 Å². The summed E-state index contributed by atoms with van der Waals surface area (Å²) in [5.41, 5.74) is 2.88. The average Bonchev–Trinajstić information content (AvgIpc) is 2.62. The van der Waals surface area contributed by atoms with Crippen molar-refractivity contribution in [2.45, 2.75) is 32.9 Å². The molecule has 0 saturated carbocycles. The van der Waals surface area contributed by atoms with E-state index in [0.717, 1.165) is 48.7 Å². The molecule has 0 radical (unpaired) electrons. The smallest absolute Gasteiger partial charge is 0.131 e. The largest absolute Gasteiger partial charge is 0.384 e. The highest BCUT2D eigenvalue weighted by Crippen LogP contribution is 2.26. The molecule has 2 aromatic rings. The molecule has 1 saturated heterocycles. The maximum Gasteiger partial charge on any atom is 0.131 e. The fraction of sp³-hybridized carbons (Fsp3) is 0.450. The van der Waals surface area contributed by atoms with E-state index in [1.54, 1.807) is 0 Å². The van der Waals surface area contributed by atoms with Crippen LogP contribution in [0.5, 0.6) is 0 Å². The van der Waals surface area contributed by atoms with E-state index in [0.29, 0.717) is 6.04 Å². The molecular formula is C20H27N3O. The maximum atomic E-state index is 10.6. The third-order valence-electron chi connectivity index (χ3n) is 4.85. The third kappa shape index (κ3) is 3.60. The summed E-state index contributed by atoms with van der Waals surface area (Å²) < 4.78 is 0. The van der Waals surface area contributed by atoms with E-state index in [4.69, 9.17) is 0 Å². The second-order valence-corrected chi connectivity index (χ2v) is 6.84. The number of aliphatic hydroxyl groups is 1. The van der Waals surface area contributed by atoms with Gasteiger partial charge in [0.2, 0.25) is 0 Å². The zero-order chi connectivity index (χ0) is 17.1. The van der Waals surface area contributed by atoms with Crippen LogP contribution in [0.3, 0.4) is 0 Å². The number of anilines is 1. The van der Waals surface area contributed by atoms with Crippen molar-refractivity contribution in [3.8, 4) is 0 Å². The van der Waals surface area contributed by atoms with Crippen molar-refractivity contribution in [3.63, 3.8) is 0 Å². The Bertz CT molecular complexity index is 664. The number of nitrogens with zero attached hydrogens (tertiary/aromatic N) is 3. The number of rotatable bonds is 4. The van der Waals surface area contributed by atoms with Gasteiger partial charge < -0.3 is 10.0 Å². The molecule has 1 aliphatic rings. The Morgan fingerprint density at radius 1 is 1.00 bits per heavy atom. The first kappa shape index (κ1) is 16.9. The molecule has 0 amide bonds. The molecule has 128 valence electrons. The molecule has 0 unspecified atom stereocenters. The van der Waals surface area contributed by atoms with Gasteiger partial charge in [0.05, 0.1) is 0 Å². The van der Waals surface area contributed by atoms with Crippen molar-refractivity contribution in [1.29, 1.82) is 0 Å². The minimum atomic E-state index is -0.621. The van der Waals surface area contributed by atoms with Crippen molar-refractivity contribution in [2.24, 2.45) is 0 Å². The van der Waals surface area contributed by atoms with Gasteiger partial charge in [-0.15, -0.1) is 0 Å². The van der Waals surface area contributed by atoms with E-state index in [9.17, 15) is 5.11 Å². The second kappa shape index (κ2) is 7.32. The van der Waals surface area contributed by atoms with Crippen molar-refractivity contribution >= 4 is 5.82 Å². The second-order valence-electron chi connectivity index (χ2n) is 6.84. The lowest BCUT2D eigenvalue weighted by molar-refractivity contribution is 0.208. The highest BCUT2D eigenvalue weighted by Gasteiger charge is 2.21. The molecule has 2 heterocycles. The number of hydrogen-bond donors (Lipinski definition) is 1. The fourth-order valence-electron chi connectivity index (χ4n) is 3.35. The number of hydrogen-bond acceptors (Lipinski definition) is 4. The SMILES string of the molecule is Cc1cc([C@@H](O)c2ccccc2)cnc1N1CCN(C(C)C)CC1. The number of aliphatic hydroxyl groups excluding tert-OH is 1. The van der Waals surface area contributed by atoms with Crippen LogP contribution in [0.15, 0.2) is 42.6 Å². The van der Waals surface area contributed by atoms with Gasteiger partial charge in [0.1, 0.15) is 11.9 Å². The zero-order valence-corrected chi connectivity index (χ0v) is 14.8. The summed E-state index contributed by atoms with van der Waals surface area (Å²) in [7, 11) is 0. The van der Waals surface area contributed by atoms with Gasteiger partial charge in [-0.1, -0.05) is 30.3 Å². The molecule has 3 rings (SSSR count). The predicted octanol–water partition coefficient (Wildman–Crippen LogP) is 3.00. The van der Waals surface area contributed by atoms with Crippen molar-refractivity contribution in [3.05, 3.63) is 59.3 Å². The molecule has 0 spiro atoms. The third-order valence-corrected chi connectivity index (χ3v) is 4.85. The van der Waals surface area contributed by atoms with Crippen molar-refractivity contribution in [2.75, 3.05) is 31.1 Å². The highest BCUT2D eigenvalue weighted by molar-refractivity contribution is 5.49. The van der Waals surface area contributed by atoms with Crippen LogP contribution in [0.25, 0.3) is 0 Å². The van der Waals surface area contributed by atoms with Crippen LogP contribution in [-0.4, -0.2) is 47.2 Å². The van der Waals surface area contributed by atoms with Gasteiger partial charge in [0.15, 0.2) is 0 Å². The molecule has 4 nitrogen and oxygen atoms in total. The Kier molecular flexibility index (Phi) is 5.17. The highest BCUT2D eigenvalue weighted by atomic mass is 16.3. The lowest BCUT2D eigenvalue weighted by Gasteiger charge is -2.38. The number of aryl methyl sites for hydroxylation is 1. The van der Waals surface area contributed by atoms with Gasteiger partial charge in [-0.05, 0) is 38.0 Å². The van der Waals surface area contributed by atoms with Gasteiger partial charge in [-0.3, -0.25) is 4.90 Å². The van der Waals surface area contributed by atoms with Gasteiger partial charge >= 0.3 is 0 Å². The number of aromatic nitrogens is 1. The molecule has 24 heavy (non-hydrogen) atoms. The summed E-state index contributed by atoms with van der Waals surface area (Å²) >= 11 is 0. The molecule has 1 atom stereocenters. The summed E-state index contributed by atoms with van der Waals surface area (Å²) in [5, 5.41) is 10.6. The Hall–Kier alpha value is -1.91. The van der Waals surface area contributed by atoms with Gasteiger partial charge in [-0.25, -0.2) is 4.98 Å². The first-order valence-electron chi connectivity index (χ1n) is 8.75. The fourth-order valence-corrected chi connectivity index (χ4v) is 3.35. The molecule has 0 aliphatic carbocycles. The van der Waals surface area contributed by atoms with Crippen molar-refractivity contribution in [1.82, 2.24) is 9.88 Å². The molecule has 1 aromatic heterocycles. The lowest BCUT2D eigenvalue weighted by Crippen LogP contribution is -2.49. The minimum absolute atomic E-state index is 0.601. The lowest BCUT2D eigenvalue weighted by atomic mass is 10.0. The average molecular weight is 325 g/mol. The molecule has 1 aromatic carbocycles. The van der Waals surface area contributed by atoms with Gasteiger partial charge in [-0.2, -0.15) is 0 Å². The monoisotopic (exact) mass is 325 g/mol. The van der Waals surface area contributed by atoms with Crippen LogP contribution in [0.1, 0.15) is 36.6 Å². The Morgan fingerprint density at radius 3 is 2.25 bits per heavy atom. The quantitative estimate of drug-likeness (QED) is 0.938. The summed E-state index contributed by atoms with van der Waals surface area (Å²) in [5.74, 6) is 1.04. The molecule has 1 N–H and O–H groups in total. The number of piperazine rings is 1.